The highest BCUT2D eigenvalue weighted by molar-refractivity contribution is 7.93. The highest BCUT2D eigenvalue weighted by Gasteiger charge is 2.65. The van der Waals surface area contributed by atoms with Gasteiger partial charge >= 0.3 is 0 Å². The Labute approximate surface area is 547 Å². The largest absolute Gasteiger partial charge is 0.490 e. The molecule has 3 heterocycles. The summed E-state index contributed by atoms with van der Waals surface area (Å²) in [6.45, 7) is 2.45. The van der Waals surface area contributed by atoms with Crippen molar-refractivity contribution in [3.05, 3.63) is 189 Å². The van der Waals surface area contributed by atoms with Crippen LogP contribution in [0.2, 0.25) is 15.1 Å². The molecule has 0 spiro atoms. The van der Waals surface area contributed by atoms with Crippen LogP contribution >= 0.6 is 34.8 Å². The van der Waals surface area contributed by atoms with E-state index in [-0.39, 0.29) is 133 Å². The first kappa shape index (κ1) is 69.9. The Morgan fingerprint density at radius 1 is 0.527 bits per heavy atom. The molecule has 3 saturated carbocycles. The number of fused-ring (bicyclic) bond motifs is 9. The van der Waals surface area contributed by atoms with Crippen LogP contribution in [0.1, 0.15) is 87.3 Å². The van der Waals surface area contributed by atoms with E-state index >= 15 is 8.78 Å². The van der Waals surface area contributed by atoms with Crippen molar-refractivity contribution in [3.8, 4) is 35.5 Å². The number of nitriles is 3. The Morgan fingerprint density at radius 2 is 0.892 bits per heavy atom. The number of Topliss-reactive ketones (excluding diaryl/α,β-unsaturated/α-hetero) is 2. The Hall–Kier alpha value is -7.47. The molecule has 27 heteroatoms. The fourth-order valence-corrected chi connectivity index (χ4v) is 21.7. The van der Waals surface area contributed by atoms with Gasteiger partial charge in [0, 0.05) is 76.9 Å². The van der Waals surface area contributed by atoms with Gasteiger partial charge in [0.05, 0.1) is 75.5 Å². The predicted molar refractivity (Wildman–Crippen MR) is 328 cm³/mol. The van der Waals surface area contributed by atoms with E-state index in [1.165, 1.54) is 78.9 Å². The second kappa shape index (κ2) is 27.8. The molecular weight excluding hydrogens is 1340 g/mol. The lowest BCUT2D eigenvalue weighted by molar-refractivity contribution is -0.129. The van der Waals surface area contributed by atoms with E-state index in [0.29, 0.717) is 15.1 Å². The van der Waals surface area contributed by atoms with Crippen molar-refractivity contribution >= 4 is 75.9 Å². The summed E-state index contributed by atoms with van der Waals surface area (Å²) in [5.41, 5.74) is -1.04. The van der Waals surface area contributed by atoms with Gasteiger partial charge in [-0.25, -0.2) is 51.6 Å². The van der Waals surface area contributed by atoms with Crippen LogP contribution in [0.4, 0.5) is 26.3 Å². The summed E-state index contributed by atoms with van der Waals surface area (Å²) < 4.78 is 183. The number of aliphatic hydroxyl groups excluding tert-OH is 1. The molecule has 1 N–H and O–H groups in total. The van der Waals surface area contributed by atoms with Gasteiger partial charge in [-0.05, 0) is 154 Å². The number of benzene rings is 6. The van der Waals surface area contributed by atoms with Crippen LogP contribution in [0.5, 0.6) is 17.2 Å². The Bertz CT molecular complexity index is 4400. The third kappa shape index (κ3) is 12.3. The normalized spacial score (nSPS) is 24.9. The molecule has 0 radical (unpaired) electrons. The molecule has 15 nitrogen and oxygen atoms in total. The molecule has 0 aromatic heterocycles. The van der Waals surface area contributed by atoms with Gasteiger partial charge in [0.25, 0.3) is 0 Å². The van der Waals surface area contributed by atoms with Gasteiger partial charge in [-0.15, -0.1) is 0 Å². The van der Waals surface area contributed by atoms with Crippen molar-refractivity contribution in [1.82, 2.24) is 0 Å². The molecule has 6 aliphatic rings. The molecule has 0 saturated heterocycles. The monoisotopic (exact) mass is 1400 g/mol. The van der Waals surface area contributed by atoms with Gasteiger partial charge in [0.1, 0.15) is 43.3 Å². The number of halogens is 9. The van der Waals surface area contributed by atoms with Gasteiger partial charge in [0.2, 0.25) is 0 Å². The van der Waals surface area contributed by atoms with E-state index in [1.807, 2.05) is 12.1 Å². The molecule has 3 fully saturated rings. The number of hydrogen-bond donors (Lipinski definition) is 1. The number of ether oxygens (including phenoxy) is 3. The van der Waals surface area contributed by atoms with Crippen LogP contribution in [-0.2, 0) is 53.3 Å². The summed E-state index contributed by atoms with van der Waals surface area (Å²) in [4.78, 5) is 24.5. The number of carbonyl (C=O) groups is 2. The number of nitrogens with zero attached hydrogens (tertiary/aromatic N) is 3. The van der Waals surface area contributed by atoms with E-state index in [9.17, 15) is 57.5 Å². The van der Waals surface area contributed by atoms with Crippen LogP contribution in [-0.4, -0.2) is 67.9 Å². The summed E-state index contributed by atoms with van der Waals surface area (Å²) in [6.07, 6.45) is 0.154. The smallest absolute Gasteiger partial charge is 0.188 e. The zero-order valence-electron chi connectivity index (χ0n) is 48.9. The molecule has 0 bridgehead atoms. The average Bonchev–Trinajstić information content (AvgIpc) is 0.714. The Balaban J connectivity index is 0.000000160. The lowest BCUT2D eigenvalue weighted by Crippen LogP contribution is -2.57. The zero-order chi connectivity index (χ0) is 67.6. The minimum atomic E-state index is -4.31. The summed E-state index contributed by atoms with van der Waals surface area (Å²) in [6, 6.07) is 27.5. The molecule has 93 heavy (non-hydrogen) atoms. The molecule has 0 amide bonds. The molecule has 6 aromatic rings. The first-order valence-electron chi connectivity index (χ1n) is 29.0. The van der Waals surface area contributed by atoms with E-state index in [0.717, 1.165) is 36.4 Å². The number of hydrogen-bond acceptors (Lipinski definition) is 15. The van der Waals surface area contributed by atoms with E-state index < -0.39 is 132 Å². The van der Waals surface area contributed by atoms with Crippen molar-refractivity contribution < 1.29 is 80.5 Å². The first-order chi connectivity index (χ1) is 44.2. The molecular formula is C66H56Cl3F6N3O12S3. The van der Waals surface area contributed by atoms with Crippen molar-refractivity contribution in [3.63, 3.8) is 0 Å². The third-order valence-corrected chi connectivity index (χ3v) is 26.8. The average molecular weight is 1400 g/mol. The van der Waals surface area contributed by atoms with Crippen LogP contribution in [0.25, 0.3) is 0 Å². The molecule has 3 aliphatic carbocycles. The predicted octanol–water partition coefficient (Wildman–Crippen LogP) is 13.7. The maximum atomic E-state index is 15.2. The van der Waals surface area contributed by atoms with Crippen LogP contribution in [0, 0.1) is 98.5 Å². The quantitative estimate of drug-likeness (QED) is 0.0988. The maximum absolute atomic E-state index is 15.2. The minimum absolute atomic E-state index is 0.0291. The van der Waals surface area contributed by atoms with E-state index in [1.54, 1.807) is 6.07 Å². The summed E-state index contributed by atoms with van der Waals surface area (Å²) in [7, 11) is -12.8. The number of allylic oxidation sites excluding steroid dienone is 1. The lowest BCUT2D eigenvalue weighted by Gasteiger charge is -2.51. The van der Waals surface area contributed by atoms with Crippen molar-refractivity contribution in [2.75, 3.05) is 19.8 Å². The van der Waals surface area contributed by atoms with Crippen molar-refractivity contribution in [2.24, 2.45) is 29.6 Å². The van der Waals surface area contributed by atoms with Crippen molar-refractivity contribution in [1.29, 1.82) is 15.8 Å². The summed E-state index contributed by atoms with van der Waals surface area (Å²) in [5.74, 6) is -10.9. The fraction of sp³-hybridized carbons (Fsp3) is 0.348. The number of aliphatic hydroxyl groups is 1. The molecule has 9 atom stereocenters. The van der Waals surface area contributed by atoms with Gasteiger partial charge in [-0.1, -0.05) is 41.4 Å². The lowest BCUT2D eigenvalue weighted by atomic mass is 9.65. The first-order valence-corrected chi connectivity index (χ1v) is 34.6. The second-order valence-corrected chi connectivity index (χ2v) is 30.8. The third-order valence-electron chi connectivity index (χ3n) is 18.3. The van der Waals surface area contributed by atoms with E-state index in [2.05, 4.69) is 6.58 Å². The van der Waals surface area contributed by atoms with Crippen molar-refractivity contribution in [2.45, 2.75) is 106 Å². The zero-order valence-corrected chi connectivity index (χ0v) is 53.7. The van der Waals surface area contributed by atoms with Crippen LogP contribution in [0.3, 0.4) is 0 Å². The molecule has 3 aliphatic heterocycles. The highest BCUT2D eigenvalue weighted by atomic mass is 35.5. The SMILES string of the molecule is C=CC#N.N#CCC[C@@H]1C(=O)CC[C@@]2(S(=O)(=O)c3ccc(Cl)cc3)c3c(F)ccc(F)c3OC[C@@H]12.N#CCC[C@@H]1[C@H](O)CC[C@@]2(S(=O)(=O)c3ccc(Cl)cc3)c3c(F)ccc(F)c3OC[C@@H]12.O=C1CC[C@@]2(S(=O)(=O)c3ccc(Cl)cc3)c3c(F)ccc(F)c3OC[C@H]2C1. The highest BCUT2D eigenvalue weighted by Crippen LogP contribution is 2.61. The maximum Gasteiger partial charge on any atom is 0.188 e. The molecule has 12 rings (SSSR count). The van der Waals surface area contributed by atoms with Crippen LogP contribution in [0.15, 0.2) is 137 Å². The molecule has 488 valence electrons. The fourth-order valence-electron chi connectivity index (χ4n) is 14.2. The molecule has 6 aromatic carbocycles. The Kier molecular flexibility index (Phi) is 20.9. The van der Waals surface area contributed by atoms with Crippen LogP contribution < -0.4 is 14.2 Å². The summed E-state index contributed by atoms with van der Waals surface area (Å²) >= 11 is 17.7. The summed E-state index contributed by atoms with van der Waals surface area (Å²) in [5, 5.41) is 37.2. The Morgan fingerprint density at radius 3 is 1.32 bits per heavy atom. The standard InChI is InChI=1S/C22H20ClF2NO4S.C22H18ClF2NO4S.C19H15ClF2O4S.C3H3N/c2*23-13-3-5-14(6-4-13)31(28,29)22-10-9-19(27)15(2-1-11-26)16(22)12-30-21-18(25)8-7-17(24)20(21)22;20-12-1-3-14(4-2-12)27(24,25)19-8-7-13(23)9-11(19)10-26-18-16(22)6-5-15(21)17(18)19;1-2-3-4/h3-8,15-16,19,27H,1-2,9-10,12H2;3-8,15-16H,1-2,9-10,12H2;1-6,11H,7-10H2;2H,1H2/t15-,16-,19+,22-;15-,16-,22-;11-,19+;/m001./s1. The van der Waals surface area contributed by atoms with E-state index in [4.69, 9.17) is 64.8 Å². The number of ketones is 2. The topological polar surface area (TPSA) is 256 Å². The number of carbonyl (C=O) groups excluding carboxylic acids is 2. The second-order valence-electron chi connectivity index (χ2n) is 22.9. The van der Waals surface area contributed by atoms with Gasteiger partial charge in [-0.2, -0.15) is 15.8 Å². The van der Waals surface area contributed by atoms with Gasteiger partial charge in [-0.3, -0.25) is 9.59 Å². The number of sulfone groups is 3. The minimum Gasteiger partial charge on any atom is -0.490 e. The number of rotatable bonds is 10. The van der Waals surface area contributed by atoms with Gasteiger partial charge < -0.3 is 19.3 Å². The van der Waals surface area contributed by atoms with Gasteiger partial charge in [0.15, 0.2) is 64.2 Å². The molecule has 0 unspecified atom stereocenters.